The predicted molar refractivity (Wildman–Crippen MR) is 131 cm³/mol. The summed E-state index contributed by atoms with van der Waals surface area (Å²) in [4.78, 5) is 13.3. The maximum absolute atomic E-state index is 13.3. The Balaban J connectivity index is 1.78. The van der Waals surface area contributed by atoms with Crippen molar-refractivity contribution in [3.8, 4) is 0 Å². The third-order valence-electron chi connectivity index (χ3n) is 5.26. The van der Waals surface area contributed by atoms with Gasteiger partial charge in [-0.3, -0.25) is 4.52 Å². The molecule has 0 aliphatic heterocycles. The molecule has 4 aromatic carbocycles. The lowest BCUT2D eigenvalue weighted by Crippen LogP contribution is -2.39. The first-order valence-corrected chi connectivity index (χ1v) is 12.2. The molecule has 0 spiro atoms. The summed E-state index contributed by atoms with van der Waals surface area (Å²) >= 11 is 0. The van der Waals surface area contributed by atoms with Gasteiger partial charge in [-0.1, -0.05) is 84.9 Å². The lowest BCUT2D eigenvalue weighted by Gasteiger charge is -2.26. The van der Waals surface area contributed by atoms with Crippen LogP contribution < -0.4 is 21.2 Å². The zero-order chi connectivity index (χ0) is 22.2. The second-order valence-electron chi connectivity index (χ2n) is 7.28. The van der Waals surface area contributed by atoms with Gasteiger partial charge in [-0.15, -0.1) is 0 Å². The molecule has 1 amide bonds. The molecule has 4 aromatic rings. The molecule has 4 nitrogen and oxygen atoms in total. The Bertz CT molecular complexity index is 1030. The van der Waals surface area contributed by atoms with Crippen LogP contribution in [0.25, 0.3) is 0 Å². The monoisotopic (exact) mass is 442 g/mol. The fraction of sp³-hybridized carbons (Fsp3) is 0.0741. The molecule has 0 aromatic heterocycles. The van der Waals surface area contributed by atoms with Gasteiger partial charge in [0.05, 0.1) is 12.6 Å². The molecule has 0 saturated carbocycles. The Hall–Kier alpha value is -3.46. The zero-order valence-corrected chi connectivity index (χ0v) is 18.4. The van der Waals surface area contributed by atoms with Crippen LogP contribution in [0, 0.1) is 0 Å². The van der Waals surface area contributed by atoms with Gasteiger partial charge in [0, 0.05) is 0 Å². The number of carbonyl (C=O) groups is 1. The number of amides is 1. The highest BCUT2D eigenvalue weighted by Crippen LogP contribution is 2.56. The van der Waals surface area contributed by atoms with Crippen LogP contribution in [0.5, 0.6) is 0 Å². The molecule has 1 atom stereocenters. The second kappa shape index (κ2) is 10.2. The molecule has 2 N–H and O–H groups in total. The van der Waals surface area contributed by atoms with E-state index >= 15 is 0 Å². The Morgan fingerprint density at radius 1 is 0.688 bits per heavy atom. The lowest BCUT2D eigenvalue weighted by molar-refractivity contribution is 0.187. The van der Waals surface area contributed by atoms with Gasteiger partial charge in [-0.2, -0.15) is 0 Å². The molecule has 0 aliphatic carbocycles. The summed E-state index contributed by atoms with van der Waals surface area (Å²) in [6.45, 7) is -0.230. The molecule has 0 heterocycles. The Morgan fingerprint density at radius 3 is 1.44 bits per heavy atom. The van der Waals surface area contributed by atoms with E-state index in [1.54, 1.807) is 0 Å². The highest BCUT2D eigenvalue weighted by atomic mass is 31.2. The molecule has 0 radical (unpaired) electrons. The van der Waals surface area contributed by atoms with Gasteiger partial charge in [-0.05, 0) is 42.0 Å². The molecule has 0 bridgehead atoms. The standard InChI is InChI=1S/C27H24NO3P/c29-21-26(22-13-5-1-6-14-22)28-27(30)31-32(23-15-7-2-8-16-23,24-17-9-3-10-18-24)25-19-11-4-12-20-25/h1-20,26,29H,21H2/p+1. The SMILES string of the molecule is O=C(NC(CO)c1ccccc1)O[P+](c1ccccc1)(c1ccccc1)c1ccccc1. The average Bonchev–Trinajstić information content (AvgIpc) is 2.88. The molecule has 32 heavy (non-hydrogen) atoms. The summed E-state index contributed by atoms with van der Waals surface area (Å²) in [6, 6.07) is 38.4. The van der Waals surface area contributed by atoms with Crippen LogP contribution in [0.2, 0.25) is 0 Å². The van der Waals surface area contributed by atoms with Crippen molar-refractivity contribution in [1.82, 2.24) is 5.32 Å². The highest BCUT2D eigenvalue weighted by molar-refractivity contribution is 7.92. The van der Waals surface area contributed by atoms with E-state index in [0.717, 1.165) is 21.5 Å². The third kappa shape index (κ3) is 4.57. The van der Waals surface area contributed by atoms with Gasteiger partial charge >= 0.3 is 6.09 Å². The van der Waals surface area contributed by atoms with Gasteiger partial charge in [0.25, 0.3) is 7.49 Å². The Morgan fingerprint density at radius 2 is 1.06 bits per heavy atom. The van der Waals surface area contributed by atoms with Crippen molar-refractivity contribution in [3.05, 3.63) is 127 Å². The van der Waals surface area contributed by atoms with Crippen molar-refractivity contribution in [1.29, 1.82) is 0 Å². The normalized spacial score (nSPS) is 12.0. The molecule has 0 aliphatic rings. The maximum atomic E-state index is 13.3. The molecule has 5 heteroatoms. The van der Waals surface area contributed by atoms with Crippen molar-refractivity contribution in [2.24, 2.45) is 0 Å². The second-order valence-corrected chi connectivity index (χ2v) is 10.2. The van der Waals surface area contributed by atoms with E-state index in [2.05, 4.69) is 5.32 Å². The molecule has 1 unspecified atom stereocenters. The first kappa shape index (κ1) is 21.8. The number of aliphatic hydroxyl groups excluding tert-OH is 1. The van der Waals surface area contributed by atoms with Crippen LogP contribution in [-0.2, 0) is 4.52 Å². The van der Waals surface area contributed by atoms with E-state index in [1.165, 1.54) is 0 Å². The van der Waals surface area contributed by atoms with Crippen LogP contribution in [0.3, 0.4) is 0 Å². The molecule has 0 fully saturated rings. The van der Waals surface area contributed by atoms with Gasteiger partial charge in [0.15, 0.2) is 0 Å². The van der Waals surface area contributed by atoms with Crippen molar-refractivity contribution in [2.45, 2.75) is 6.04 Å². The van der Waals surface area contributed by atoms with E-state index in [4.69, 9.17) is 4.52 Å². The average molecular weight is 442 g/mol. The van der Waals surface area contributed by atoms with Crippen molar-refractivity contribution in [2.75, 3.05) is 6.61 Å². The summed E-state index contributed by atoms with van der Waals surface area (Å²) in [7, 11) is -2.76. The van der Waals surface area contributed by atoms with Gasteiger partial charge in [0.2, 0.25) is 0 Å². The molecule has 160 valence electrons. The number of hydrogen-bond donors (Lipinski definition) is 2. The van der Waals surface area contributed by atoms with Gasteiger partial charge in [0.1, 0.15) is 15.9 Å². The lowest BCUT2D eigenvalue weighted by atomic mass is 10.1. The summed E-state index contributed by atoms with van der Waals surface area (Å²) in [5.74, 6) is 0. The molecular formula is C27H25NO3P+. The van der Waals surface area contributed by atoms with E-state index < -0.39 is 19.6 Å². The van der Waals surface area contributed by atoms with Crippen LogP contribution in [0.4, 0.5) is 4.79 Å². The zero-order valence-electron chi connectivity index (χ0n) is 17.5. The predicted octanol–water partition coefficient (Wildman–Crippen LogP) is 4.36. The minimum Gasteiger partial charge on any atom is -0.394 e. The Kier molecular flexibility index (Phi) is 6.96. The number of rotatable bonds is 7. The van der Waals surface area contributed by atoms with E-state index in [-0.39, 0.29) is 6.61 Å². The fourth-order valence-electron chi connectivity index (χ4n) is 3.73. The summed E-state index contributed by atoms with van der Waals surface area (Å²) in [5, 5.41) is 15.6. The van der Waals surface area contributed by atoms with Gasteiger partial charge in [-0.25, -0.2) is 4.79 Å². The van der Waals surface area contributed by atoms with Crippen molar-refractivity contribution >= 4 is 29.5 Å². The quantitative estimate of drug-likeness (QED) is 0.418. The minimum absolute atomic E-state index is 0.230. The maximum Gasteiger partial charge on any atom is 0.447 e. The minimum atomic E-state index is -2.76. The largest absolute Gasteiger partial charge is 0.447 e. The van der Waals surface area contributed by atoms with Crippen LogP contribution in [0.1, 0.15) is 11.6 Å². The number of carbonyl (C=O) groups excluding carboxylic acids is 1. The Labute approximate surface area is 188 Å². The molecule has 0 saturated heterocycles. The summed E-state index contributed by atoms with van der Waals surface area (Å²) in [5.41, 5.74) is 0.815. The first-order valence-electron chi connectivity index (χ1n) is 10.5. The number of aliphatic hydroxyl groups is 1. The van der Waals surface area contributed by atoms with Crippen molar-refractivity contribution in [3.63, 3.8) is 0 Å². The van der Waals surface area contributed by atoms with Crippen LogP contribution in [0.15, 0.2) is 121 Å². The number of benzene rings is 4. The summed E-state index contributed by atoms with van der Waals surface area (Å²) < 4.78 is 6.40. The van der Waals surface area contributed by atoms with Crippen LogP contribution >= 0.6 is 7.49 Å². The van der Waals surface area contributed by atoms with Gasteiger partial charge < -0.3 is 10.4 Å². The smallest absolute Gasteiger partial charge is 0.394 e. The number of hydrogen-bond acceptors (Lipinski definition) is 3. The third-order valence-corrected chi connectivity index (χ3v) is 8.77. The molecule has 4 rings (SSSR count). The number of nitrogens with one attached hydrogen (secondary N) is 1. The topological polar surface area (TPSA) is 58.6 Å². The van der Waals surface area contributed by atoms with E-state index in [9.17, 15) is 9.90 Å². The fourth-order valence-corrected chi connectivity index (χ4v) is 7.02. The van der Waals surface area contributed by atoms with Crippen LogP contribution in [-0.4, -0.2) is 17.8 Å². The van der Waals surface area contributed by atoms with Crippen molar-refractivity contribution < 1.29 is 14.4 Å². The first-order chi connectivity index (χ1) is 15.7. The summed E-state index contributed by atoms with van der Waals surface area (Å²) in [6.07, 6.45) is -0.571. The highest BCUT2D eigenvalue weighted by Gasteiger charge is 2.51. The van der Waals surface area contributed by atoms with E-state index in [1.807, 2.05) is 121 Å². The molecular weight excluding hydrogens is 417 g/mol. The van der Waals surface area contributed by atoms with E-state index in [0.29, 0.717) is 0 Å².